The van der Waals surface area contributed by atoms with Gasteiger partial charge in [0.2, 0.25) is 0 Å². The second-order valence-electron chi connectivity index (χ2n) is 4.77. The summed E-state index contributed by atoms with van der Waals surface area (Å²) in [6, 6.07) is 23.0. The van der Waals surface area contributed by atoms with E-state index in [1.807, 2.05) is 12.1 Å². The monoisotopic (exact) mass is 355 g/mol. The molecule has 1 heterocycles. The standard InChI is InChI=1S/C18H14BrNS/c1-13-11-17(19)20-18(12-13)21-16-10-6-5-9-15(16)14-7-3-2-4-8-14/h2-12H,1H3. The number of hydrogen-bond acceptors (Lipinski definition) is 2. The van der Waals surface area contributed by atoms with E-state index in [2.05, 4.69) is 82.4 Å². The minimum absolute atomic E-state index is 0.877. The van der Waals surface area contributed by atoms with Crippen LogP contribution >= 0.6 is 27.7 Å². The van der Waals surface area contributed by atoms with Gasteiger partial charge in [0, 0.05) is 4.90 Å². The van der Waals surface area contributed by atoms with E-state index >= 15 is 0 Å². The lowest BCUT2D eigenvalue weighted by molar-refractivity contribution is 1.08. The zero-order valence-corrected chi connectivity index (χ0v) is 14.0. The highest BCUT2D eigenvalue weighted by Crippen LogP contribution is 2.35. The van der Waals surface area contributed by atoms with E-state index in [0.717, 1.165) is 9.63 Å². The van der Waals surface area contributed by atoms with E-state index in [-0.39, 0.29) is 0 Å². The lowest BCUT2D eigenvalue weighted by atomic mass is 10.1. The van der Waals surface area contributed by atoms with Crippen molar-refractivity contribution in [3.05, 3.63) is 76.9 Å². The Morgan fingerprint density at radius 3 is 2.38 bits per heavy atom. The maximum Gasteiger partial charge on any atom is 0.107 e. The molecule has 0 aliphatic heterocycles. The smallest absolute Gasteiger partial charge is 0.107 e. The average Bonchev–Trinajstić information content (AvgIpc) is 2.48. The Hall–Kier alpha value is -1.58. The van der Waals surface area contributed by atoms with Gasteiger partial charge in [-0.1, -0.05) is 60.3 Å². The van der Waals surface area contributed by atoms with Crippen molar-refractivity contribution in [2.75, 3.05) is 0 Å². The molecule has 0 unspecified atom stereocenters. The first-order valence-corrected chi connectivity index (χ1v) is 8.30. The van der Waals surface area contributed by atoms with Crippen LogP contribution in [0.4, 0.5) is 0 Å². The Bertz CT molecular complexity index is 736. The summed E-state index contributed by atoms with van der Waals surface area (Å²) in [5.41, 5.74) is 3.67. The summed E-state index contributed by atoms with van der Waals surface area (Å²) in [5.74, 6) is 0. The summed E-state index contributed by atoms with van der Waals surface area (Å²) >= 11 is 5.16. The molecule has 0 N–H and O–H groups in total. The van der Waals surface area contributed by atoms with Crippen LogP contribution < -0.4 is 0 Å². The van der Waals surface area contributed by atoms with Crippen molar-refractivity contribution in [1.29, 1.82) is 0 Å². The van der Waals surface area contributed by atoms with E-state index in [4.69, 9.17) is 0 Å². The second-order valence-corrected chi connectivity index (χ2v) is 6.64. The molecule has 104 valence electrons. The predicted octanol–water partition coefficient (Wildman–Crippen LogP) is 5.97. The van der Waals surface area contributed by atoms with E-state index in [9.17, 15) is 0 Å². The van der Waals surface area contributed by atoms with Crippen molar-refractivity contribution in [2.45, 2.75) is 16.8 Å². The Kier molecular flexibility index (Phi) is 4.42. The normalized spacial score (nSPS) is 10.6. The molecule has 3 heteroatoms. The molecule has 0 bridgehead atoms. The van der Waals surface area contributed by atoms with E-state index < -0.39 is 0 Å². The molecule has 3 rings (SSSR count). The third-order valence-electron chi connectivity index (χ3n) is 3.10. The summed E-state index contributed by atoms with van der Waals surface area (Å²) in [6.45, 7) is 2.08. The van der Waals surface area contributed by atoms with E-state index in [0.29, 0.717) is 0 Å². The number of benzene rings is 2. The lowest BCUT2D eigenvalue weighted by Gasteiger charge is -2.09. The van der Waals surface area contributed by atoms with Gasteiger partial charge in [-0.05, 0) is 57.7 Å². The summed E-state index contributed by atoms with van der Waals surface area (Å²) in [4.78, 5) is 5.76. The maximum absolute atomic E-state index is 4.54. The Balaban J connectivity index is 2.00. The van der Waals surface area contributed by atoms with Crippen LogP contribution in [0.5, 0.6) is 0 Å². The van der Waals surface area contributed by atoms with Crippen molar-refractivity contribution in [3.63, 3.8) is 0 Å². The van der Waals surface area contributed by atoms with Crippen molar-refractivity contribution in [2.24, 2.45) is 0 Å². The van der Waals surface area contributed by atoms with Gasteiger partial charge in [0.15, 0.2) is 0 Å². The average molecular weight is 356 g/mol. The summed E-state index contributed by atoms with van der Waals surface area (Å²) in [5, 5.41) is 1.00. The molecule has 0 saturated heterocycles. The number of pyridine rings is 1. The zero-order valence-electron chi connectivity index (χ0n) is 11.6. The molecule has 1 nitrogen and oxygen atoms in total. The number of rotatable bonds is 3. The molecule has 21 heavy (non-hydrogen) atoms. The van der Waals surface area contributed by atoms with Crippen molar-refractivity contribution in [1.82, 2.24) is 4.98 Å². The SMILES string of the molecule is Cc1cc(Br)nc(Sc2ccccc2-c2ccccc2)c1. The first kappa shape index (κ1) is 14.4. The summed E-state index contributed by atoms with van der Waals surface area (Å²) in [7, 11) is 0. The molecule has 0 aliphatic carbocycles. The van der Waals surface area contributed by atoms with Gasteiger partial charge < -0.3 is 0 Å². The van der Waals surface area contributed by atoms with Crippen LogP contribution in [-0.2, 0) is 0 Å². The predicted molar refractivity (Wildman–Crippen MR) is 92.7 cm³/mol. The lowest BCUT2D eigenvalue weighted by Crippen LogP contribution is -1.86. The van der Waals surface area contributed by atoms with Gasteiger partial charge in [-0.15, -0.1) is 0 Å². The second kappa shape index (κ2) is 6.46. The highest BCUT2D eigenvalue weighted by Gasteiger charge is 2.07. The number of aromatic nitrogens is 1. The molecule has 1 aromatic heterocycles. The van der Waals surface area contributed by atoms with Gasteiger partial charge in [0.25, 0.3) is 0 Å². The molecule has 0 fully saturated rings. The quantitative estimate of drug-likeness (QED) is 0.536. The molecule has 0 atom stereocenters. The Morgan fingerprint density at radius 1 is 0.905 bits per heavy atom. The number of aryl methyl sites for hydroxylation is 1. The fourth-order valence-corrected chi connectivity index (χ4v) is 3.90. The molecule has 0 radical (unpaired) electrons. The molecule has 0 aliphatic rings. The largest absolute Gasteiger partial charge is 0.234 e. The maximum atomic E-state index is 4.54. The van der Waals surface area contributed by atoms with Gasteiger partial charge in [0.05, 0.1) is 0 Å². The van der Waals surface area contributed by atoms with Crippen molar-refractivity contribution in [3.8, 4) is 11.1 Å². The van der Waals surface area contributed by atoms with Crippen LogP contribution in [0.2, 0.25) is 0 Å². The molecular weight excluding hydrogens is 342 g/mol. The summed E-state index contributed by atoms with van der Waals surface area (Å²) < 4.78 is 0.877. The molecular formula is C18H14BrNS. The minimum atomic E-state index is 0.877. The number of halogens is 1. The van der Waals surface area contributed by atoms with Gasteiger partial charge in [-0.2, -0.15) is 0 Å². The van der Waals surface area contributed by atoms with E-state index in [1.165, 1.54) is 21.6 Å². The van der Waals surface area contributed by atoms with Crippen LogP contribution in [-0.4, -0.2) is 4.98 Å². The van der Waals surface area contributed by atoms with Crippen LogP contribution in [0.3, 0.4) is 0 Å². The first-order chi connectivity index (χ1) is 10.2. The third kappa shape index (κ3) is 3.55. The molecule has 0 saturated carbocycles. The molecule has 0 spiro atoms. The van der Waals surface area contributed by atoms with Gasteiger partial charge in [-0.25, -0.2) is 4.98 Å². The van der Waals surface area contributed by atoms with Gasteiger partial charge >= 0.3 is 0 Å². The highest BCUT2D eigenvalue weighted by atomic mass is 79.9. The summed E-state index contributed by atoms with van der Waals surface area (Å²) in [6.07, 6.45) is 0. The fourth-order valence-electron chi connectivity index (χ4n) is 2.17. The molecule has 3 aromatic rings. The number of nitrogens with zero attached hydrogens (tertiary/aromatic N) is 1. The third-order valence-corrected chi connectivity index (χ3v) is 4.50. The minimum Gasteiger partial charge on any atom is -0.234 e. The van der Waals surface area contributed by atoms with Crippen LogP contribution in [0.1, 0.15) is 5.56 Å². The van der Waals surface area contributed by atoms with Crippen LogP contribution in [0, 0.1) is 6.92 Å². The molecule has 2 aromatic carbocycles. The van der Waals surface area contributed by atoms with Gasteiger partial charge in [-0.3, -0.25) is 0 Å². The zero-order chi connectivity index (χ0) is 14.7. The van der Waals surface area contributed by atoms with Crippen LogP contribution in [0.25, 0.3) is 11.1 Å². The molecule has 0 amide bonds. The van der Waals surface area contributed by atoms with Crippen molar-refractivity contribution >= 4 is 27.7 Å². The topological polar surface area (TPSA) is 12.9 Å². The highest BCUT2D eigenvalue weighted by molar-refractivity contribution is 9.10. The van der Waals surface area contributed by atoms with Crippen LogP contribution in [0.15, 0.2) is 81.3 Å². The van der Waals surface area contributed by atoms with Gasteiger partial charge in [0.1, 0.15) is 9.63 Å². The number of hydrogen-bond donors (Lipinski definition) is 0. The van der Waals surface area contributed by atoms with E-state index in [1.54, 1.807) is 11.8 Å². The first-order valence-electron chi connectivity index (χ1n) is 6.69. The Morgan fingerprint density at radius 2 is 1.62 bits per heavy atom. The van der Waals surface area contributed by atoms with Crippen molar-refractivity contribution < 1.29 is 0 Å². The fraction of sp³-hybridized carbons (Fsp3) is 0.0556. The Labute approximate surface area is 137 Å².